The van der Waals surface area contributed by atoms with Gasteiger partial charge in [0.2, 0.25) is 0 Å². The Morgan fingerprint density at radius 3 is 2.09 bits per heavy atom. The summed E-state index contributed by atoms with van der Waals surface area (Å²) in [7, 11) is 0. The minimum Gasteiger partial charge on any atom is -0.0985 e. The quantitative estimate of drug-likeness (QED) is 0.627. The van der Waals surface area contributed by atoms with E-state index >= 15 is 0 Å². The number of hydrogen-bond acceptors (Lipinski definition) is 0. The van der Waals surface area contributed by atoms with Gasteiger partial charge in [-0.1, -0.05) is 48.5 Å². The molecule has 1 rings (SSSR count). The van der Waals surface area contributed by atoms with Crippen LogP contribution in [0.15, 0.2) is 36.4 Å². The average Bonchev–Trinajstić information content (AvgIpc) is 2.07. The molecule has 0 aromatic heterocycles. The van der Waals surface area contributed by atoms with Crippen LogP contribution < -0.4 is 0 Å². The van der Waals surface area contributed by atoms with Crippen molar-refractivity contribution in [1.29, 1.82) is 0 Å². The van der Waals surface area contributed by atoms with E-state index in [0.29, 0.717) is 0 Å². The summed E-state index contributed by atoms with van der Waals surface area (Å²) in [6, 6.07) is 7.99. The van der Waals surface area contributed by atoms with Crippen molar-refractivity contribution < 1.29 is 0 Å². The third-order valence-electron chi connectivity index (χ3n) is 1.43. The summed E-state index contributed by atoms with van der Waals surface area (Å²) < 4.78 is 0. The molecule has 0 aliphatic rings. The van der Waals surface area contributed by atoms with Crippen molar-refractivity contribution in [3.8, 4) is 0 Å². The van der Waals surface area contributed by atoms with E-state index in [1.165, 1.54) is 5.54 Å². The average molecular weight is 165 g/mol. The lowest BCUT2D eigenvalue weighted by Crippen LogP contribution is -1.72. The van der Waals surface area contributed by atoms with Gasteiger partial charge in [0.05, 0.1) is 0 Å². The van der Waals surface area contributed by atoms with E-state index in [1.54, 1.807) is 0 Å². The smallest absolute Gasteiger partial charge is 0.00484 e. The Morgan fingerprint density at radius 1 is 1.09 bits per heavy atom. The molecule has 0 unspecified atom stereocenters. The van der Waals surface area contributed by atoms with Crippen molar-refractivity contribution in [2.24, 2.45) is 0 Å². The first kappa shape index (κ1) is 8.09. The molecule has 0 saturated heterocycles. The summed E-state index contributed by atoms with van der Waals surface area (Å²) in [5, 5.41) is 0. The van der Waals surface area contributed by atoms with Crippen LogP contribution in [0.4, 0.5) is 0 Å². The van der Waals surface area contributed by atoms with Crippen LogP contribution in [0.2, 0.25) is 0 Å². The van der Waals surface area contributed by atoms with Gasteiger partial charge in [-0.25, -0.2) is 0 Å². The normalized spacial score (nSPS) is 10.3. The highest BCUT2D eigenvalue weighted by Crippen LogP contribution is 2.07. The van der Waals surface area contributed by atoms with Crippen LogP contribution in [0.25, 0.3) is 12.2 Å². The molecule has 0 heterocycles. The van der Waals surface area contributed by atoms with Crippen molar-refractivity contribution in [1.82, 2.24) is 0 Å². The summed E-state index contributed by atoms with van der Waals surface area (Å²) in [5.74, 6) is 0. The van der Waals surface area contributed by atoms with Gasteiger partial charge >= 0.3 is 0 Å². The summed E-state index contributed by atoms with van der Waals surface area (Å²) in [4.78, 5) is 0. The van der Waals surface area contributed by atoms with E-state index in [9.17, 15) is 0 Å². The minimum absolute atomic E-state index is 1.10. The fourth-order valence-corrected chi connectivity index (χ4v) is 0.961. The topological polar surface area (TPSA) is 0 Å². The molecule has 0 aliphatic carbocycles. The van der Waals surface area contributed by atoms with Gasteiger partial charge < -0.3 is 0 Å². The van der Waals surface area contributed by atoms with E-state index < -0.39 is 0 Å². The van der Waals surface area contributed by atoms with Crippen molar-refractivity contribution in [3.05, 3.63) is 47.5 Å². The third kappa shape index (κ3) is 2.24. The van der Waals surface area contributed by atoms with Gasteiger partial charge in [0.1, 0.15) is 0 Å². The van der Waals surface area contributed by atoms with Crippen LogP contribution in [0.3, 0.4) is 0 Å². The van der Waals surface area contributed by atoms with Crippen LogP contribution in [0.1, 0.15) is 11.1 Å². The molecule has 0 N–H and O–H groups in total. The number of halogens is 1. The molecule has 0 atom stereocenters. The molecular formula is C10H9Cl. The zero-order valence-electron chi connectivity index (χ0n) is 6.13. The zero-order valence-corrected chi connectivity index (χ0v) is 6.88. The van der Waals surface area contributed by atoms with Crippen molar-refractivity contribution >= 4 is 23.8 Å². The highest BCUT2D eigenvalue weighted by atomic mass is 35.5. The monoisotopic (exact) mass is 164 g/mol. The predicted octanol–water partition coefficient (Wildman–Crippen LogP) is 3.54. The van der Waals surface area contributed by atoms with E-state index in [2.05, 4.69) is 6.58 Å². The second-order valence-corrected chi connectivity index (χ2v) is 2.42. The molecule has 0 nitrogen and oxygen atoms in total. The van der Waals surface area contributed by atoms with Gasteiger partial charge in [0.25, 0.3) is 0 Å². The molecule has 56 valence electrons. The van der Waals surface area contributed by atoms with Crippen LogP contribution >= 0.6 is 11.6 Å². The minimum atomic E-state index is 1.10. The maximum absolute atomic E-state index is 5.41. The van der Waals surface area contributed by atoms with E-state index in [0.717, 1.165) is 11.1 Å². The number of hydrogen-bond donors (Lipinski definition) is 0. The highest BCUT2D eigenvalue weighted by molar-refractivity contribution is 6.27. The molecule has 0 bridgehead atoms. The van der Waals surface area contributed by atoms with Gasteiger partial charge in [-0.2, -0.15) is 0 Å². The maximum atomic E-state index is 5.41. The lowest BCUT2D eigenvalue weighted by Gasteiger charge is -1.93. The fraction of sp³-hybridized carbons (Fsp3) is 0. The Balaban J connectivity index is 2.91. The summed E-state index contributed by atoms with van der Waals surface area (Å²) in [6.07, 6.45) is 3.66. The van der Waals surface area contributed by atoms with Gasteiger partial charge in [-0.05, 0) is 17.2 Å². The van der Waals surface area contributed by atoms with Crippen molar-refractivity contribution in [2.45, 2.75) is 0 Å². The molecule has 11 heavy (non-hydrogen) atoms. The van der Waals surface area contributed by atoms with Gasteiger partial charge in [-0.15, -0.1) is 0 Å². The predicted molar refractivity (Wildman–Crippen MR) is 51.4 cm³/mol. The lowest BCUT2D eigenvalue weighted by atomic mass is 10.1. The molecule has 0 fully saturated rings. The van der Waals surface area contributed by atoms with E-state index in [1.807, 2.05) is 36.4 Å². The molecule has 1 heteroatoms. The van der Waals surface area contributed by atoms with Crippen molar-refractivity contribution in [3.63, 3.8) is 0 Å². The first-order chi connectivity index (χ1) is 5.36. The second kappa shape index (κ2) is 3.99. The van der Waals surface area contributed by atoms with E-state index in [4.69, 9.17) is 11.6 Å². The Morgan fingerprint density at radius 2 is 1.64 bits per heavy atom. The van der Waals surface area contributed by atoms with Crippen LogP contribution in [-0.4, -0.2) is 0 Å². The Labute approximate surface area is 71.8 Å². The Bertz CT molecular complexity index is 257. The maximum Gasteiger partial charge on any atom is 0.00484 e. The summed E-state index contributed by atoms with van der Waals surface area (Å²) in [5.41, 5.74) is 3.73. The fourth-order valence-electron chi connectivity index (χ4n) is 0.816. The van der Waals surface area contributed by atoms with E-state index in [-0.39, 0.29) is 0 Å². The van der Waals surface area contributed by atoms with Gasteiger partial charge in [0.15, 0.2) is 0 Å². The SMILES string of the molecule is C=Cc1ccc(/C=C/Cl)cc1. The number of benzene rings is 1. The van der Waals surface area contributed by atoms with Gasteiger partial charge in [-0.3, -0.25) is 0 Å². The molecular weight excluding hydrogens is 156 g/mol. The molecule has 0 aliphatic heterocycles. The molecule has 0 spiro atoms. The second-order valence-electron chi connectivity index (χ2n) is 2.16. The first-order valence-electron chi connectivity index (χ1n) is 3.36. The number of rotatable bonds is 2. The largest absolute Gasteiger partial charge is 0.0985 e. The molecule has 0 radical (unpaired) electrons. The lowest BCUT2D eigenvalue weighted by molar-refractivity contribution is 1.63. The molecule has 1 aromatic carbocycles. The summed E-state index contributed by atoms with van der Waals surface area (Å²) in [6.45, 7) is 3.66. The van der Waals surface area contributed by atoms with Crippen LogP contribution in [-0.2, 0) is 0 Å². The van der Waals surface area contributed by atoms with Crippen LogP contribution in [0, 0.1) is 0 Å². The summed E-state index contributed by atoms with van der Waals surface area (Å²) >= 11 is 5.41. The third-order valence-corrected chi connectivity index (χ3v) is 1.55. The Hall–Kier alpha value is -1.01. The highest BCUT2D eigenvalue weighted by Gasteiger charge is 1.85. The van der Waals surface area contributed by atoms with Crippen LogP contribution in [0.5, 0.6) is 0 Å². The van der Waals surface area contributed by atoms with Crippen molar-refractivity contribution in [2.75, 3.05) is 0 Å². The van der Waals surface area contributed by atoms with Gasteiger partial charge in [0, 0.05) is 5.54 Å². The molecule has 0 saturated carbocycles. The standard InChI is InChI=1S/C10H9Cl/c1-2-9-3-5-10(6-4-9)7-8-11/h2-8H,1H2/b8-7+. The molecule has 1 aromatic rings. The first-order valence-corrected chi connectivity index (χ1v) is 3.79. The Kier molecular flexibility index (Phi) is 2.94. The zero-order chi connectivity index (χ0) is 8.10. The molecule has 0 amide bonds.